The van der Waals surface area contributed by atoms with Crippen molar-refractivity contribution in [1.29, 1.82) is 0 Å². The van der Waals surface area contributed by atoms with Gasteiger partial charge in [0.15, 0.2) is 0 Å². The normalized spacial score (nSPS) is 21.0. The highest BCUT2D eigenvalue weighted by molar-refractivity contribution is 7.99. The van der Waals surface area contributed by atoms with E-state index in [0.29, 0.717) is 12.1 Å². The van der Waals surface area contributed by atoms with E-state index in [4.69, 9.17) is 4.74 Å². The van der Waals surface area contributed by atoms with Crippen molar-refractivity contribution >= 4 is 29.0 Å². The average Bonchev–Trinajstić information content (AvgIpc) is 3.25. The fourth-order valence-electron chi connectivity index (χ4n) is 2.55. The zero-order valence-electron chi connectivity index (χ0n) is 12.5. The second kappa shape index (κ2) is 6.86. The molecule has 5 heteroatoms. The van der Waals surface area contributed by atoms with Crippen molar-refractivity contribution in [2.75, 3.05) is 25.2 Å². The van der Waals surface area contributed by atoms with Gasteiger partial charge in [-0.1, -0.05) is 12.1 Å². The number of hydrogen-bond donors (Lipinski definition) is 1. The lowest BCUT2D eigenvalue weighted by Gasteiger charge is -2.26. The number of benzene rings is 1. The molecule has 1 aliphatic heterocycles. The van der Waals surface area contributed by atoms with Crippen LogP contribution in [0.4, 0.5) is 0 Å². The molecule has 1 atom stereocenters. The highest BCUT2D eigenvalue weighted by Crippen LogP contribution is 2.30. The molecule has 0 saturated carbocycles. The molecule has 22 heavy (non-hydrogen) atoms. The first-order chi connectivity index (χ1) is 10.7. The van der Waals surface area contributed by atoms with Crippen LogP contribution in [0.25, 0.3) is 11.1 Å². The van der Waals surface area contributed by atoms with Crippen LogP contribution in [0.2, 0.25) is 0 Å². The highest BCUT2D eigenvalue weighted by atomic mass is 32.2. The minimum Gasteiger partial charge on any atom is -0.376 e. The molecule has 1 saturated heterocycles. The Labute approximate surface area is 139 Å². The first-order valence-corrected chi connectivity index (χ1v) is 9.36. The molecule has 1 aromatic carbocycles. The van der Waals surface area contributed by atoms with Crippen LogP contribution in [0, 0.1) is 0 Å². The van der Waals surface area contributed by atoms with Crippen LogP contribution in [-0.2, 0) is 4.74 Å². The average molecular weight is 333 g/mol. The van der Waals surface area contributed by atoms with Gasteiger partial charge in [0.05, 0.1) is 5.60 Å². The lowest BCUT2D eigenvalue weighted by atomic mass is 10.0. The van der Waals surface area contributed by atoms with Crippen molar-refractivity contribution in [2.24, 2.45) is 0 Å². The summed E-state index contributed by atoms with van der Waals surface area (Å²) < 4.78 is 5.62. The molecule has 0 aliphatic carbocycles. The summed E-state index contributed by atoms with van der Waals surface area (Å²) in [5.74, 6) is 2.00. The maximum Gasteiger partial charge on any atom is 0.251 e. The molecular formula is C17H19NO2S2. The Morgan fingerprint density at radius 2 is 2.09 bits per heavy atom. The van der Waals surface area contributed by atoms with Gasteiger partial charge in [-0.3, -0.25) is 4.79 Å². The predicted molar refractivity (Wildman–Crippen MR) is 93.8 cm³/mol. The summed E-state index contributed by atoms with van der Waals surface area (Å²) in [7, 11) is 1.73. The van der Waals surface area contributed by atoms with Crippen LogP contribution >= 0.6 is 23.1 Å². The lowest BCUT2D eigenvalue weighted by molar-refractivity contribution is 0.0137. The van der Waals surface area contributed by atoms with Crippen LogP contribution in [0.3, 0.4) is 0 Å². The van der Waals surface area contributed by atoms with E-state index in [9.17, 15) is 4.79 Å². The minimum absolute atomic E-state index is 0.0369. The first-order valence-electron chi connectivity index (χ1n) is 7.26. The molecule has 116 valence electrons. The summed E-state index contributed by atoms with van der Waals surface area (Å²) in [6.07, 6.45) is 0.992. The van der Waals surface area contributed by atoms with Crippen molar-refractivity contribution in [3.05, 3.63) is 46.7 Å². The third-order valence-electron chi connectivity index (χ3n) is 4.07. The van der Waals surface area contributed by atoms with Gasteiger partial charge in [-0.15, -0.1) is 0 Å². The Hall–Kier alpha value is -1.30. The Kier molecular flexibility index (Phi) is 4.86. The summed E-state index contributed by atoms with van der Waals surface area (Å²) in [6.45, 7) is 0.571. The number of thioether (sulfide) groups is 1. The molecule has 1 fully saturated rings. The van der Waals surface area contributed by atoms with E-state index in [0.717, 1.165) is 23.5 Å². The molecule has 2 aromatic rings. The van der Waals surface area contributed by atoms with Gasteiger partial charge in [0.2, 0.25) is 0 Å². The predicted octanol–water partition coefficient (Wildman–Crippen LogP) is 3.67. The zero-order valence-corrected chi connectivity index (χ0v) is 14.1. The van der Waals surface area contributed by atoms with Gasteiger partial charge in [0.25, 0.3) is 5.91 Å². The van der Waals surface area contributed by atoms with Crippen LogP contribution in [0.5, 0.6) is 0 Å². The quantitative estimate of drug-likeness (QED) is 0.907. The molecule has 1 N–H and O–H groups in total. The van der Waals surface area contributed by atoms with Gasteiger partial charge in [-0.2, -0.15) is 23.1 Å². The van der Waals surface area contributed by atoms with Gasteiger partial charge in [0.1, 0.15) is 0 Å². The molecule has 3 rings (SSSR count). The van der Waals surface area contributed by atoms with Crippen molar-refractivity contribution in [2.45, 2.75) is 12.0 Å². The maximum atomic E-state index is 12.3. The number of carbonyl (C=O) groups excluding carboxylic acids is 1. The van der Waals surface area contributed by atoms with Gasteiger partial charge in [-0.05, 0) is 52.3 Å². The molecule has 0 spiro atoms. The second-order valence-corrected chi connectivity index (χ2v) is 7.35. The number of ether oxygens (including phenoxy) is 1. The number of thiophene rings is 1. The molecule has 1 aliphatic rings. The van der Waals surface area contributed by atoms with Crippen LogP contribution in [0.1, 0.15) is 16.8 Å². The number of carbonyl (C=O) groups is 1. The van der Waals surface area contributed by atoms with Gasteiger partial charge in [0, 0.05) is 25.0 Å². The molecule has 0 radical (unpaired) electrons. The molecule has 0 bridgehead atoms. The van der Waals surface area contributed by atoms with E-state index in [1.165, 1.54) is 5.56 Å². The summed E-state index contributed by atoms with van der Waals surface area (Å²) in [5.41, 5.74) is 2.82. The van der Waals surface area contributed by atoms with Gasteiger partial charge >= 0.3 is 0 Å². The topological polar surface area (TPSA) is 38.3 Å². The van der Waals surface area contributed by atoms with Gasteiger partial charge in [-0.25, -0.2) is 0 Å². The molecule has 1 amide bonds. The third-order valence-corrected chi connectivity index (χ3v) is 5.98. The van der Waals surface area contributed by atoms with Crippen LogP contribution < -0.4 is 5.32 Å². The summed E-state index contributed by atoms with van der Waals surface area (Å²) >= 11 is 3.55. The number of hydrogen-bond acceptors (Lipinski definition) is 4. The van der Waals surface area contributed by atoms with Crippen LogP contribution in [-0.4, -0.2) is 36.7 Å². The van der Waals surface area contributed by atoms with Crippen molar-refractivity contribution < 1.29 is 9.53 Å². The standard InChI is InChI=1S/C17H19NO2S2/c1-20-17(7-9-22-12-17)11-18-16(19)14-4-2-13(3-5-14)15-6-8-21-10-15/h2-6,8,10H,7,9,11-12H2,1H3,(H,18,19)/t17-/m0/s1. The Balaban J connectivity index is 1.63. The second-order valence-electron chi connectivity index (χ2n) is 5.46. The maximum absolute atomic E-state index is 12.3. The number of nitrogens with one attached hydrogen (secondary N) is 1. The first kappa shape index (κ1) is 15.6. The smallest absolute Gasteiger partial charge is 0.251 e. The van der Waals surface area contributed by atoms with E-state index < -0.39 is 0 Å². The van der Waals surface area contributed by atoms with E-state index in [1.54, 1.807) is 18.4 Å². The number of amides is 1. The molecule has 0 unspecified atom stereocenters. The summed E-state index contributed by atoms with van der Waals surface area (Å²) in [4.78, 5) is 12.3. The number of rotatable bonds is 5. The van der Waals surface area contributed by atoms with Crippen molar-refractivity contribution in [3.8, 4) is 11.1 Å². The molecule has 1 aromatic heterocycles. The Morgan fingerprint density at radius 3 is 2.68 bits per heavy atom. The molecular weight excluding hydrogens is 314 g/mol. The lowest BCUT2D eigenvalue weighted by Crippen LogP contribution is -2.44. The van der Waals surface area contributed by atoms with E-state index in [-0.39, 0.29) is 11.5 Å². The Bertz CT molecular complexity index is 617. The fraction of sp³-hybridized carbons (Fsp3) is 0.353. The monoisotopic (exact) mass is 333 g/mol. The number of methoxy groups -OCH3 is 1. The SMILES string of the molecule is CO[C@]1(CNC(=O)c2ccc(-c3ccsc3)cc2)CCSC1. The molecule has 3 nitrogen and oxygen atoms in total. The molecule has 2 heterocycles. The Morgan fingerprint density at radius 1 is 1.27 bits per heavy atom. The van der Waals surface area contributed by atoms with E-state index in [2.05, 4.69) is 22.1 Å². The van der Waals surface area contributed by atoms with Crippen LogP contribution in [0.15, 0.2) is 41.1 Å². The minimum atomic E-state index is -0.197. The van der Waals surface area contributed by atoms with Gasteiger partial charge < -0.3 is 10.1 Å². The highest BCUT2D eigenvalue weighted by Gasteiger charge is 2.34. The summed E-state index contributed by atoms with van der Waals surface area (Å²) in [6, 6.07) is 9.83. The van der Waals surface area contributed by atoms with Crippen molar-refractivity contribution in [3.63, 3.8) is 0 Å². The van der Waals surface area contributed by atoms with E-state index >= 15 is 0 Å². The zero-order chi connectivity index (χ0) is 15.4. The third kappa shape index (κ3) is 3.37. The van der Waals surface area contributed by atoms with Crippen molar-refractivity contribution in [1.82, 2.24) is 5.32 Å². The largest absolute Gasteiger partial charge is 0.376 e. The summed E-state index contributed by atoms with van der Waals surface area (Å²) in [5, 5.41) is 7.17. The van der Waals surface area contributed by atoms with E-state index in [1.807, 2.05) is 36.0 Å². The fourth-order valence-corrected chi connectivity index (χ4v) is 4.61.